The summed E-state index contributed by atoms with van der Waals surface area (Å²) >= 11 is 0. The van der Waals surface area contributed by atoms with Gasteiger partial charge in [0.05, 0.1) is 19.3 Å². The zero-order chi connectivity index (χ0) is 11.1. The predicted octanol–water partition coefficient (Wildman–Crippen LogP) is 0.528. The summed E-state index contributed by atoms with van der Waals surface area (Å²) in [5.41, 5.74) is 5.64. The van der Waals surface area contributed by atoms with Gasteiger partial charge in [-0.15, -0.1) is 0 Å². The number of hydrogen-bond donors (Lipinski definition) is 2. The van der Waals surface area contributed by atoms with Crippen molar-refractivity contribution in [3.63, 3.8) is 0 Å². The summed E-state index contributed by atoms with van der Waals surface area (Å²) in [5, 5.41) is 9.52. The van der Waals surface area contributed by atoms with E-state index in [-0.39, 0.29) is 6.10 Å². The van der Waals surface area contributed by atoms with E-state index in [1.54, 1.807) is 0 Å². The quantitative estimate of drug-likeness (QED) is 0.653. The van der Waals surface area contributed by atoms with Crippen LogP contribution in [0.2, 0.25) is 0 Å². The van der Waals surface area contributed by atoms with E-state index in [9.17, 15) is 5.11 Å². The van der Waals surface area contributed by atoms with Gasteiger partial charge in [0.1, 0.15) is 6.10 Å². The minimum Gasteiger partial charge on any atom is -0.388 e. The molecule has 0 radical (unpaired) electrons. The molecule has 1 rings (SSSR count). The first-order chi connectivity index (χ1) is 7.27. The Morgan fingerprint density at radius 1 is 1.40 bits per heavy atom. The lowest BCUT2D eigenvalue weighted by atomic mass is 10.1. The second-order valence-corrected chi connectivity index (χ2v) is 4.11. The van der Waals surface area contributed by atoms with Crippen LogP contribution in [-0.2, 0) is 9.47 Å². The molecule has 1 saturated carbocycles. The summed E-state index contributed by atoms with van der Waals surface area (Å²) in [4.78, 5) is 0. The Labute approximate surface area is 91.7 Å². The van der Waals surface area contributed by atoms with Crippen molar-refractivity contribution >= 4 is 0 Å². The third-order valence-corrected chi connectivity index (χ3v) is 2.91. The summed E-state index contributed by atoms with van der Waals surface area (Å²) in [7, 11) is 0. The highest BCUT2D eigenvalue weighted by atomic mass is 16.5. The van der Waals surface area contributed by atoms with Gasteiger partial charge in [-0.3, -0.25) is 0 Å². The number of hydrogen-bond acceptors (Lipinski definition) is 4. The zero-order valence-corrected chi connectivity index (χ0v) is 9.52. The maximum absolute atomic E-state index is 9.52. The average molecular weight is 217 g/mol. The molecule has 4 nitrogen and oxygen atoms in total. The molecule has 0 aliphatic heterocycles. The zero-order valence-electron chi connectivity index (χ0n) is 9.52. The second-order valence-electron chi connectivity index (χ2n) is 4.11. The highest BCUT2D eigenvalue weighted by Crippen LogP contribution is 2.27. The SMILES string of the molecule is CCOCC(O)COC1CCCC1CN. The molecule has 3 N–H and O–H groups in total. The van der Waals surface area contributed by atoms with Crippen LogP contribution in [0.3, 0.4) is 0 Å². The first-order valence-corrected chi connectivity index (χ1v) is 5.85. The predicted molar refractivity (Wildman–Crippen MR) is 58.6 cm³/mol. The van der Waals surface area contributed by atoms with Gasteiger partial charge in [0.2, 0.25) is 0 Å². The van der Waals surface area contributed by atoms with Crippen LogP contribution in [0.15, 0.2) is 0 Å². The first-order valence-electron chi connectivity index (χ1n) is 5.85. The summed E-state index contributed by atoms with van der Waals surface area (Å²) in [5.74, 6) is 0.476. The van der Waals surface area contributed by atoms with Crippen LogP contribution < -0.4 is 5.73 Å². The van der Waals surface area contributed by atoms with Crippen molar-refractivity contribution in [2.75, 3.05) is 26.4 Å². The van der Waals surface area contributed by atoms with E-state index in [4.69, 9.17) is 15.2 Å². The van der Waals surface area contributed by atoms with E-state index >= 15 is 0 Å². The fourth-order valence-electron chi connectivity index (χ4n) is 2.03. The van der Waals surface area contributed by atoms with Gasteiger partial charge in [0.15, 0.2) is 0 Å². The topological polar surface area (TPSA) is 64.7 Å². The molecule has 0 heterocycles. The number of nitrogens with two attached hydrogens (primary N) is 1. The van der Waals surface area contributed by atoms with E-state index in [0.717, 1.165) is 12.8 Å². The van der Waals surface area contributed by atoms with Crippen molar-refractivity contribution in [3.8, 4) is 0 Å². The molecule has 0 bridgehead atoms. The number of aliphatic hydroxyl groups is 1. The van der Waals surface area contributed by atoms with E-state index in [1.165, 1.54) is 6.42 Å². The van der Waals surface area contributed by atoms with Crippen molar-refractivity contribution in [1.82, 2.24) is 0 Å². The molecule has 0 aromatic carbocycles. The molecule has 0 aromatic rings. The molecule has 1 fully saturated rings. The van der Waals surface area contributed by atoms with Crippen LogP contribution in [0.1, 0.15) is 26.2 Å². The molecule has 0 spiro atoms. The Hall–Kier alpha value is -0.160. The largest absolute Gasteiger partial charge is 0.388 e. The number of aliphatic hydroxyl groups excluding tert-OH is 1. The molecule has 1 aliphatic rings. The minimum atomic E-state index is -0.510. The number of rotatable bonds is 7. The third-order valence-electron chi connectivity index (χ3n) is 2.91. The van der Waals surface area contributed by atoms with E-state index in [1.807, 2.05) is 6.92 Å². The van der Waals surface area contributed by atoms with Crippen LogP contribution in [0, 0.1) is 5.92 Å². The van der Waals surface area contributed by atoms with Crippen LogP contribution in [0.4, 0.5) is 0 Å². The second kappa shape index (κ2) is 7.17. The van der Waals surface area contributed by atoms with Gasteiger partial charge in [0.25, 0.3) is 0 Å². The molecule has 0 aromatic heterocycles. The van der Waals surface area contributed by atoms with Gasteiger partial charge in [0, 0.05) is 6.61 Å². The molecular formula is C11H23NO3. The van der Waals surface area contributed by atoms with Crippen molar-refractivity contribution in [3.05, 3.63) is 0 Å². The van der Waals surface area contributed by atoms with Gasteiger partial charge in [-0.25, -0.2) is 0 Å². The third kappa shape index (κ3) is 4.47. The van der Waals surface area contributed by atoms with Gasteiger partial charge in [-0.1, -0.05) is 6.42 Å². The fourth-order valence-corrected chi connectivity index (χ4v) is 2.03. The maximum atomic E-state index is 9.52. The Kier molecular flexibility index (Phi) is 6.17. The molecular weight excluding hydrogens is 194 g/mol. The fraction of sp³-hybridized carbons (Fsp3) is 1.00. The van der Waals surface area contributed by atoms with E-state index < -0.39 is 6.10 Å². The van der Waals surface area contributed by atoms with Crippen molar-refractivity contribution < 1.29 is 14.6 Å². The van der Waals surface area contributed by atoms with E-state index in [0.29, 0.717) is 32.3 Å². The normalized spacial score (nSPS) is 28.2. The lowest BCUT2D eigenvalue weighted by Gasteiger charge is -2.20. The summed E-state index contributed by atoms with van der Waals surface area (Å²) in [6.07, 6.45) is 3.15. The highest BCUT2D eigenvalue weighted by Gasteiger charge is 2.27. The molecule has 15 heavy (non-hydrogen) atoms. The lowest BCUT2D eigenvalue weighted by molar-refractivity contribution is -0.0513. The molecule has 0 amide bonds. The lowest BCUT2D eigenvalue weighted by Crippen LogP contribution is -2.30. The summed E-state index contributed by atoms with van der Waals surface area (Å²) in [6.45, 7) is 3.95. The summed E-state index contributed by atoms with van der Waals surface area (Å²) < 4.78 is 10.8. The maximum Gasteiger partial charge on any atom is 0.101 e. The molecule has 1 aliphatic carbocycles. The standard InChI is InChI=1S/C11H23NO3/c1-2-14-7-10(13)8-15-11-5-3-4-9(11)6-12/h9-11,13H,2-8,12H2,1H3. The summed E-state index contributed by atoms with van der Waals surface area (Å²) in [6, 6.07) is 0. The van der Waals surface area contributed by atoms with Crippen LogP contribution >= 0.6 is 0 Å². The highest BCUT2D eigenvalue weighted by molar-refractivity contribution is 4.79. The van der Waals surface area contributed by atoms with Crippen molar-refractivity contribution in [2.24, 2.45) is 11.7 Å². The van der Waals surface area contributed by atoms with Gasteiger partial charge >= 0.3 is 0 Å². The van der Waals surface area contributed by atoms with Gasteiger partial charge < -0.3 is 20.3 Å². The molecule has 3 unspecified atom stereocenters. The van der Waals surface area contributed by atoms with E-state index in [2.05, 4.69) is 0 Å². The Morgan fingerprint density at radius 3 is 2.87 bits per heavy atom. The smallest absolute Gasteiger partial charge is 0.101 e. The Morgan fingerprint density at radius 2 is 2.20 bits per heavy atom. The van der Waals surface area contributed by atoms with Crippen LogP contribution in [-0.4, -0.2) is 43.7 Å². The van der Waals surface area contributed by atoms with Gasteiger partial charge in [-0.05, 0) is 32.2 Å². The first kappa shape index (κ1) is 12.9. The van der Waals surface area contributed by atoms with Crippen molar-refractivity contribution in [2.45, 2.75) is 38.4 Å². The Bertz CT molecular complexity index is 166. The van der Waals surface area contributed by atoms with Crippen molar-refractivity contribution in [1.29, 1.82) is 0 Å². The minimum absolute atomic E-state index is 0.242. The molecule has 90 valence electrons. The van der Waals surface area contributed by atoms with Crippen LogP contribution in [0.25, 0.3) is 0 Å². The number of ether oxygens (including phenoxy) is 2. The monoisotopic (exact) mass is 217 g/mol. The molecule has 0 saturated heterocycles. The van der Waals surface area contributed by atoms with Crippen LogP contribution in [0.5, 0.6) is 0 Å². The average Bonchev–Trinajstić information content (AvgIpc) is 2.70. The van der Waals surface area contributed by atoms with Gasteiger partial charge in [-0.2, -0.15) is 0 Å². The Balaban J connectivity index is 2.12. The molecule has 4 heteroatoms. The molecule has 3 atom stereocenters.